The van der Waals surface area contributed by atoms with Gasteiger partial charge in [-0.2, -0.15) is 0 Å². The van der Waals surface area contributed by atoms with Crippen LogP contribution in [0.25, 0.3) is 0 Å². The Hall–Kier alpha value is -2.50. The molecule has 6 heteroatoms. The molecule has 0 atom stereocenters. The van der Waals surface area contributed by atoms with Gasteiger partial charge in [-0.1, -0.05) is 5.57 Å². The number of nitrogens with one attached hydrogen (secondary N) is 2. The predicted octanol–water partition coefficient (Wildman–Crippen LogP) is 3.38. The molecule has 1 heterocycles. The zero-order valence-electron chi connectivity index (χ0n) is 16.7. The van der Waals surface area contributed by atoms with E-state index in [9.17, 15) is 4.79 Å². The minimum absolute atomic E-state index is 0.0711. The fourth-order valence-electron chi connectivity index (χ4n) is 3.02. The molecule has 27 heavy (non-hydrogen) atoms. The van der Waals surface area contributed by atoms with Gasteiger partial charge in [-0.05, 0) is 60.1 Å². The zero-order chi connectivity index (χ0) is 19.6. The molecular weight excluding hydrogens is 338 g/mol. The SMILES string of the molecule is C=N/C(NC1(C)CC1)=C(\C)C(C(=O)NCc1cnc(C2CC2)nc1)=C(C)C. The topological polar surface area (TPSA) is 79.3 Å². The highest BCUT2D eigenvalue weighted by atomic mass is 16.1. The molecule has 1 amide bonds. The third-order valence-electron chi connectivity index (χ3n) is 5.16. The molecule has 1 aromatic heterocycles. The van der Waals surface area contributed by atoms with E-state index in [0.717, 1.165) is 35.4 Å². The van der Waals surface area contributed by atoms with Crippen LogP contribution in [0.1, 0.15) is 70.7 Å². The molecule has 1 aromatic rings. The number of aliphatic imine (C=N–C) groups is 1. The van der Waals surface area contributed by atoms with Crippen LogP contribution in [0.2, 0.25) is 0 Å². The van der Waals surface area contributed by atoms with Crippen LogP contribution in [0, 0.1) is 0 Å². The van der Waals surface area contributed by atoms with Crippen molar-refractivity contribution in [2.24, 2.45) is 4.99 Å². The van der Waals surface area contributed by atoms with Crippen molar-refractivity contribution >= 4 is 12.6 Å². The van der Waals surface area contributed by atoms with Crippen molar-refractivity contribution < 1.29 is 4.79 Å². The number of aromatic nitrogens is 2. The average Bonchev–Trinajstić information content (AvgIpc) is 3.55. The average molecular weight is 367 g/mol. The molecule has 2 fully saturated rings. The van der Waals surface area contributed by atoms with E-state index in [-0.39, 0.29) is 11.4 Å². The summed E-state index contributed by atoms with van der Waals surface area (Å²) in [5.74, 6) is 2.00. The molecule has 2 N–H and O–H groups in total. The number of carbonyl (C=O) groups is 1. The van der Waals surface area contributed by atoms with Crippen LogP contribution in [0.4, 0.5) is 0 Å². The van der Waals surface area contributed by atoms with E-state index in [2.05, 4.69) is 39.2 Å². The normalized spacial score (nSPS) is 18.2. The summed E-state index contributed by atoms with van der Waals surface area (Å²) in [5, 5.41) is 6.40. The van der Waals surface area contributed by atoms with Crippen LogP contribution in [-0.4, -0.2) is 28.1 Å². The molecule has 0 spiro atoms. The smallest absolute Gasteiger partial charge is 0.251 e. The van der Waals surface area contributed by atoms with Gasteiger partial charge in [0.2, 0.25) is 0 Å². The first-order valence-corrected chi connectivity index (χ1v) is 9.55. The summed E-state index contributed by atoms with van der Waals surface area (Å²) in [4.78, 5) is 25.8. The molecule has 144 valence electrons. The Labute approximate surface area is 161 Å². The second-order valence-corrected chi connectivity index (χ2v) is 8.10. The number of rotatable bonds is 8. The van der Waals surface area contributed by atoms with Gasteiger partial charge in [-0.15, -0.1) is 0 Å². The number of carbonyl (C=O) groups excluding carboxylic acids is 1. The van der Waals surface area contributed by atoms with Gasteiger partial charge in [-0.3, -0.25) is 4.79 Å². The van der Waals surface area contributed by atoms with Crippen molar-refractivity contribution in [2.45, 2.75) is 71.4 Å². The second kappa shape index (κ2) is 7.62. The van der Waals surface area contributed by atoms with Gasteiger partial charge in [0.05, 0.1) is 0 Å². The first-order valence-electron chi connectivity index (χ1n) is 9.55. The van der Waals surface area contributed by atoms with E-state index in [0.29, 0.717) is 23.9 Å². The summed E-state index contributed by atoms with van der Waals surface area (Å²) < 4.78 is 0. The molecule has 6 nitrogen and oxygen atoms in total. The Morgan fingerprint density at radius 1 is 1.26 bits per heavy atom. The van der Waals surface area contributed by atoms with E-state index in [1.807, 2.05) is 20.8 Å². The van der Waals surface area contributed by atoms with Crippen LogP contribution in [0.5, 0.6) is 0 Å². The van der Waals surface area contributed by atoms with Gasteiger partial charge in [0, 0.05) is 47.1 Å². The molecule has 0 saturated heterocycles. The van der Waals surface area contributed by atoms with Crippen molar-refractivity contribution in [3.63, 3.8) is 0 Å². The highest BCUT2D eigenvalue weighted by molar-refractivity contribution is 5.98. The largest absolute Gasteiger partial charge is 0.365 e. The lowest BCUT2D eigenvalue weighted by Crippen LogP contribution is -2.30. The summed E-state index contributed by atoms with van der Waals surface area (Å²) in [6.45, 7) is 12.0. The lowest BCUT2D eigenvalue weighted by molar-refractivity contribution is -0.117. The van der Waals surface area contributed by atoms with Crippen molar-refractivity contribution in [3.8, 4) is 0 Å². The Morgan fingerprint density at radius 3 is 2.37 bits per heavy atom. The van der Waals surface area contributed by atoms with Crippen molar-refractivity contribution in [2.75, 3.05) is 0 Å². The molecule has 0 unspecified atom stereocenters. The monoisotopic (exact) mass is 367 g/mol. The lowest BCUT2D eigenvalue weighted by atomic mass is 10.0. The van der Waals surface area contributed by atoms with E-state index in [1.165, 1.54) is 12.8 Å². The van der Waals surface area contributed by atoms with Crippen LogP contribution < -0.4 is 10.6 Å². The van der Waals surface area contributed by atoms with E-state index in [4.69, 9.17) is 0 Å². The maximum Gasteiger partial charge on any atom is 0.251 e. The quantitative estimate of drug-likeness (QED) is 0.419. The molecule has 3 rings (SSSR count). The highest BCUT2D eigenvalue weighted by Crippen LogP contribution is 2.37. The molecule has 2 aliphatic carbocycles. The number of hydrogen-bond donors (Lipinski definition) is 2. The first-order chi connectivity index (χ1) is 12.8. The lowest BCUT2D eigenvalue weighted by Gasteiger charge is -2.18. The maximum absolute atomic E-state index is 12.9. The third kappa shape index (κ3) is 4.81. The third-order valence-corrected chi connectivity index (χ3v) is 5.16. The summed E-state index contributed by atoms with van der Waals surface area (Å²) in [5.41, 5.74) is 3.37. The van der Waals surface area contributed by atoms with E-state index < -0.39 is 0 Å². The van der Waals surface area contributed by atoms with Gasteiger partial charge < -0.3 is 10.6 Å². The highest BCUT2D eigenvalue weighted by Gasteiger charge is 2.38. The Kier molecular flexibility index (Phi) is 5.44. The summed E-state index contributed by atoms with van der Waals surface area (Å²) >= 11 is 0. The van der Waals surface area contributed by atoms with E-state index in [1.54, 1.807) is 12.4 Å². The number of amides is 1. The molecule has 2 saturated carbocycles. The minimum Gasteiger partial charge on any atom is -0.365 e. The Balaban J connectivity index is 1.69. The van der Waals surface area contributed by atoms with Crippen molar-refractivity contribution in [3.05, 3.63) is 46.3 Å². The molecular formula is C21H29N5O. The van der Waals surface area contributed by atoms with Gasteiger partial charge in [0.1, 0.15) is 11.6 Å². The number of nitrogens with zero attached hydrogens (tertiary/aromatic N) is 3. The van der Waals surface area contributed by atoms with Crippen molar-refractivity contribution in [1.82, 2.24) is 20.6 Å². The fraction of sp³-hybridized carbons (Fsp3) is 0.524. The Morgan fingerprint density at radius 2 is 1.89 bits per heavy atom. The molecule has 0 radical (unpaired) electrons. The molecule has 0 aromatic carbocycles. The number of hydrogen-bond acceptors (Lipinski definition) is 5. The standard InChI is InChI=1S/C21H29N5O/c1-13(2)17(14(3)18(22-5)26-21(4)8-9-21)20(27)25-12-15-10-23-19(24-11-15)16-6-7-16/h10-11,16,26H,5-9,12H2,1-4H3,(H,25,27)/b18-14-. The first kappa shape index (κ1) is 19.3. The molecule has 0 aliphatic heterocycles. The molecule has 2 aliphatic rings. The van der Waals surface area contributed by atoms with E-state index >= 15 is 0 Å². The molecule has 0 bridgehead atoms. The van der Waals surface area contributed by atoms with Crippen LogP contribution in [-0.2, 0) is 11.3 Å². The van der Waals surface area contributed by atoms with Gasteiger partial charge in [0.25, 0.3) is 5.91 Å². The van der Waals surface area contributed by atoms with Gasteiger partial charge in [-0.25, -0.2) is 15.0 Å². The zero-order valence-corrected chi connectivity index (χ0v) is 16.7. The van der Waals surface area contributed by atoms with Gasteiger partial charge >= 0.3 is 0 Å². The summed E-state index contributed by atoms with van der Waals surface area (Å²) in [6.07, 6.45) is 8.17. The van der Waals surface area contributed by atoms with Crippen LogP contribution in [0.3, 0.4) is 0 Å². The number of allylic oxidation sites excluding steroid dienone is 1. The fourth-order valence-corrected chi connectivity index (χ4v) is 3.02. The van der Waals surface area contributed by atoms with Crippen LogP contribution in [0.15, 0.2) is 39.9 Å². The second-order valence-electron chi connectivity index (χ2n) is 8.10. The predicted molar refractivity (Wildman–Crippen MR) is 107 cm³/mol. The van der Waals surface area contributed by atoms with Gasteiger partial charge in [0.15, 0.2) is 0 Å². The summed E-state index contributed by atoms with van der Waals surface area (Å²) in [6, 6.07) is 0. The minimum atomic E-state index is -0.123. The van der Waals surface area contributed by atoms with Crippen molar-refractivity contribution in [1.29, 1.82) is 0 Å². The van der Waals surface area contributed by atoms with Crippen LogP contribution >= 0.6 is 0 Å². The maximum atomic E-state index is 12.9. The Bertz CT molecular complexity index is 794. The summed E-state index contributed by atoms with van der Waals surface area (Å²) in [7, 11) is 0.